The lowest BCUT2D eigenvalue weighted by Crippen LogP contribution is -2.05. The second-order valence-corrected chi connectivity index (χ2v) is 3.84. The molecule has 0 fully saturated rings. The third kappa shape index (κ3) is 2.49. The summed E-state index contributed by atoms with van der Waals surface area (Å²) in [5, 5.41) is 13.9. The number of halogens is 1. The van der Waals surface area contributed by atoms with Gasteiger partial charge in [0.15, 0.2) is 5.69 Å². The van der Waals surface area contributed by atoms with E-state index in [2.05, 4.69) is 15.3 Å². The molecular formula is C12H11FN4O2. The maximum Gasteiger partial charge on any atom is 0.316 e. The molecule has 0 spiro atoms. The van der Waals surface area contributed by atoms with E-state index in [4.69, 9.17) is 0 Å². The number of anilines is 1. The van der Waals surface area contributed by atoms with Crippen molar-refractivity contribution in [3.8, 4) is 11.3 Å². The predicted molar refractivity (Wildman–Crippen MR) is 68.4 cm³/mol. The number of nitrogens with zero attached hydrogens (tertiary/aromatic N) is 3. The van der Waals surface area contributed by atoms with Crippen molar-refractivity contribution >= 4 is 11.6 Å². The molecule has 7 heteroatoms. The Bertz CT molecular complexity index is 628. The van der Waals surface area contributed by atoms with Crippen LogP contribution < -0.4 is 5.32 Å². The third-order valence-corrected chi connectivity index (χ3v) is 2.58. The van der Waals surface area contributed by atoms with Crippen molar-refractivity contribution in [3.63, 3.8) is 0 Å². The first-order valence-corrected chi connectivity index (χ1v) is 5.49. The molecule has 2 rings (SSSR count). The Labute approximate surface area is 108 Å². The Hall–Kier alpha value is -2.57. The number of hydrogen-bond donors (Lipinski definition) is 1. The van der Waals surface area contributed by atoms with Gasteiger partial charge in [-0.25, -0.2) is 14.4 Å². The number of hydrogen-bond acceptors (Lipinski definition) is 5. The van der Waals surface area contributed by atoms with Crippen molar-refractivity contribution in [1.82, 2.24) is 9.97 Å². The van der Waals surface area contributed by atoms with E-state index in [1.54, 1.807) is 7.05 Å². The summed E-state index contributed by atoms with van der Waals surface area (Å²) in [6.07, 6.45) is 0. The smallest absolute Gasteiger partial charge is 0.316 e. The monoisotopic (exact) mass is 262 g/mol. The Morgan fingerprint density at radius 3 is 2.42 bits per heavy atom. The molecule has 0 radical (unpaired) electrons. The van der Waals surface area contributed by atoms with Crippen molar-refractivity contribution in [2.24, 2.45) is 0 Å². The highest BCUT2D eigenvalue weighted by atomic mass is 19.1. The number of aryl methyl sites for hydroxylation is 1. The second kappa shape index (κ2) is 4.97. The highest BCUT2D eigenvalue weighted by molar-refractivity contribution is 5.71. The SMILES string of the molecule is CNc1nc(C)c([N+](=O)[O-])c(-c2ccc(F)cc2)n1. The van der Waals surface area contributed by atoms with E-state index in [0.29, 0.717) is 5.56 Å². The fourth-order valence-corrected chi connectivity index (χ4v) is 1.71. The average molecular weight is 262 g/mol. The van der Waals surface area contributed by atoms with Gasteiger partial charge in [-0.05, 0) is 31.2 Å². The van der Waals surface area contributed by atoms with Crippen molar-refractivity contribution < 1.29 is 9.31 Å². The Morgan fingerprint density at radius 2 is 1.89 bits per heavy atom. The highest BCUT2D eigenvalue weighted by Crippen LogP contribution is 2.31. The third-order valence-electron chi connectivity index (χ3n) is 2.58. The summed E-state index contributed by atoms with van der Waals surface area (Å²) in [6, 6.07) is 5.36. The standard InChI is InChI=1S/C12H11FN4O2/c1-7-11(17(18)19)10(16-12(14-2)15-7)8-3-5-9(13)6-4-8/h3-6H,1-2H3,(H,14,15,16). The lowest BCUT2D eigenvalue weighted by Gasteiger charge is -2.07. The van der Waals surface area contributed by atoms with Crippen LogP contribution in [0.4, 0.5) is 16.0 Å². The maximum atomic E-state index is 12.9. The van der Waals surface area contributed by atoms with Crippen molar-refractivity contribution in [2.45, 2.75) is 6.92 Å². The van der Waals surface area contributed by atoms with Crippen molar-refractivity contribution in [2.75, 3.05) is 12.4 Å². The summed E-state index contributed by atoms with van der Waals surface area (Å²) in [5.74, 6) is -0.131. The van der Waals surface area contributed by atoms with Crippen LogP contribution in [-0.4, -0.2) is 21.9 Å². The Kier molecular flexibility index (Phi) is 3.37. The molecule has 0 unspecified atom stereocenters. The van der Waals surface area contributed by atoms with E-state index in [1.807, 2.05) is 0 Å². The molecule has 19 heavy (non-hydrogen) atoms. The quantitative estimate of drug-likeness (QED) is 0.679. The van der Waals surface area contributed by atoms with Gasteiger partial charge in [0.05, 0.1) is 4.92 Å². The highest BCUT2D eigenvalue weighted by Gasteiger charge is 2.22. The van der Waals surface area contributed by atoms with E-state index in [9.17, 15) is 14.5 Å². The molecule has 0 aliphatic rings. The van der Waals surface area contributed by atoms with E-state index in [0.717, 1.165) is 0 Å². The molecule has 6 nitrogen and oxygen atoms in total. The van der Waals surface area contributed by atoms with Gasteiger partial charge in [0.1, 0.15) is 11.5 Å². The molecule has 1 aromatic heterocycles. The number of aromatic nitrogens is 2. The molecule has 0 saturated carbocycles. The van der Waals surface area contributed by atoms with E-state index in [1.165, 1.54) is 31.2 Å². The molecule has 98 valence electrons. The molecular weight excluding hydrogens is 251 g/mol. The van der Waals surface area contributed by atoms with Crippen LogP contribution in [0.2, 0.25) is 0 Å². The number of rotatable bonds is 3. The first kappa shape index (κ1) is 12.9. The lowest BCUT2D eigenvalue weighted by molar-refractivity contribution is -0.385. The molecule has 0 saturated heterocycles. The average Bonchev–Trinajstić information content (AvgIpc) is 2.38. The summed E-state index contributed by atoms with van der Waals surface area (Å²) in [7, 11) is 1.62. The van der Waals surface area contributed by atoms with Crippen LogP contribution >= 0.6 is 0 Å². The molecule has 0 aliphatic heterocycles. The van der Waals surface area contributed by atoms with Crippen LogP contribution in [0.15, 0.2) is 24.3 Å². The van der Waals surface area contributed by atoms with Crippen LogP contribution in [0.3, 0.4) is 0 Å². The van der Waals surface area contributed by atoms with Crippen molar-refractivity contribution in [3.05, 3.63) is 45.9 Å². The normalized spacial score (nSPS) is 10.3. The zero-order valence-electron chi connectivity index (χ0n) is 10.3. The Morgan fingerprint density at radius 1 is 1.26 bits per heavy atom. The largest absolute Gasteiger partial charge is 0.357 e. The summed E-state index contributed by atoms with van der Waals surface area (Å²) in [6.45, 7) is 1.54. The predicted octanol–water partition coefficient (Wildman–Crippen LogP) is 2.54. The minimum atomic E-state index is -0.534. The fraction of sp³-hybridized carbons (Fsp3) is 0.167. The van der Waals surface area contributed by atoms with Gasteiger partial charge in [-0.3, -0.25) is 10.1 Å². The molecule has 0 aliphatic carbocycles. The van der Waals surface area contributed by atoms with Gasteiger partial charge < -0.3 is 5.32 Å². The zero-order valence-corrected chi connectivity index (χ0v) is 10.3. The molecule has 1 N–H and O–H groups in total. The first-order chi connectivity index (χ1) is 9.02. The minimum Gasteiger partial charge on any atom is -0.357 e. The summed E-state index contributed by atoms with van der Waals surface area (Å²) < 4.78 is 12.9. The Balaban J connectivity index is 2.68. The fourth-order valence-electron chi connectivity index (χ4n) is 1.71. The van der Waals surface area contributed by atoms with Gasteiger partial charge in [0, 0.05) is 12.6 Å². The van der Waals surface area contributed by atoms with Crippen LogP contribution in [0, 0.1) is 22.9 Å². The number of benzene rings is 1. The summed E-state index contributed by atoms with van der Waals surface area (Å²) in [5.41, 5.74) is 0.714. The van der Waals surface area contributed by atoms with Gasteiger partial charge in [0.25, 0.3) is 0 Å². The van der Waals surface area contributed by atoms with Crippen LogP contribution in [-0.2, 0) is 0 Å². The molecule has 1 heterocycles. The van der Waals surface area contributed by atoms with Gasteiger partial charge in [-0.1, -0.05) is 0 Å². The number of nitrogens with one attached hydrogen (secondary N) is 1. The maximum absolute atomic E-state index is 12.9. The van der Waals surface area contributed by atoms with Crippen LogP contribution in [0.25, 0.3) is 11.3 Å². The van der Waals surface area contributed by atoms with Gasteiger partial charge >= 0.3 is 5.69 Å². The minimum absolute atomic E-state index is 0.168. The van der Waals surface area contributed by atoms with Crippen LogP contribution in [0.1, 0.15) is 5.69 Å². The lowest BCUT2D eigenvalue weighted by atomic mass is 10.1. The molecule has 0 amide bonds. The van der Waals surface area contributed by atoms with E-state index < -0.39 is 10.7 Å². The molecule has 0 bridgehead atoms. The first-order valence-electron chi connectivity index (χ1n) is 5.49. The van der Waals surface area contributed by atoms with E-state index >= 15 is 0 Å². The summed E-state index contributed by atoms with van der Waals surface area (Å²) in [4.78, 5) is 18.6. The molecule has 2 aromatic rings. The van der Waals surface area contributed by atoms with Gasteiger partial charge in [0.2, 0.25) is 5.95 Å². The van der Waals surface area contributed by atoms with Crippen LogP contribution in [0.5, 0.6) is 0 Å². The van der Waals surface area contributed by atoms with Gasteiger partial charge in [-0.2, -0.15) is 0 Å². The number of nitro groups is 1. The zero-order chi connectivity index (χ0) is 14.0. The van der Waals surface area contributed by atoms with Crippen molar-refractivity contribution in [1.29, 1.82) is 0 Å². The molecule has 0 atom stereocenters. The summed E-state index contributed by atoms with van der Waals surface area (Å²) >= 11 is 0. The van der Waals surface area contributed by atoms with E-state index in [-0.39, 0.29) is 23.0 Å². The van der Waals surface area contributed by atoms with Gasteiger partial charge in [-0.15, -0.1) is 0 Å². The second-order valence-electron chi connectivity index (χ2n) is 3.84. The molecule has 1 aromatic carbocycles. The topological polar surface area (TPSA) is 81.0 Å².